The van der Waals surface area contributed by atoms with Gasteiger partial charge in [-0.25, -0.2) is 9.97 Å². The predicted molar refractivity (Wildman–Crippen MR) is 64.2 cm³/mol. The lowest BCUT2D eigenvalue weighted by molar-refractivity contribution is 0.192. The fourth-order valence-corrected chi connectivity index (χ4v) is 1.49. The number of ether oxygens (including phenoxy) is 1. The third-order valence-corrected chi connectivity index (χ3v) is 2.34. The van der Waals surface area contributed by atoms with Crippen molar-refractivity contribution in [1.29, 1.82) is 0 Å². The van der Waals surface area contributed by atoms with Gasteiger partial charge < -0.3 is 10.1 Å². The number of unbranched alkanes of at least 4 members (excludes halogenated alkanes) is 2. The van der Waals surface area contributed by atoms with Crippen LogP contribution in [0.1, 0.15) is 30.8 Å². The van der Waals surface area contributed by atoms with Gasteiger partial charge >= 0.3 is 0 Å². The lowest BCUT2D eigenvalue weighted by Gasteiger charge is -2.04. The third kappa shape index (κ3) is 5.78. The maximum Gasteiger partial charge on any atom is 0.125 e. The Morgan fingerprint density at radius 1 is 1.31 bits per heavy atom. The molecule has 90 valence electrons. The van der Waals surface area contributed by atoms with E-state index in [-0.39, 0.29) is 0 Å². The van der Waals surface area contributed by atoms with Crippen LogP contribution in [0.5, 0.6) is 0 Å². The molecule has 1 aromatic heterocycles. The van der Waals surface area contributed by atoms with Crippen LogP contribution in [-0.4, -0.2) is 30.2 Å². The molecule has 0 aliphatic rings. The van der Waals surface area contributed by atoms with Crippen molar-refractivity contribution in [2.24, 2.45) is 0 Å². The summed E-state index contributed by atoms with van der Waals surface area (Å²) in [5.74, 6) is 0.833. The SMILES string of the molecule is COCCCCCNCc1ccnc(C)n1. The molecule has 4 heteroatoms. The smallest absolute Gasteiger partial charge is 0.125 e. The molecule has 0 fully saturated rings. The summed E-state index contributed by atoms with van der Waals surface area (Å²) in [7, 11) is 1.75. The third-order valence-electron chi connectivity index (χ3n) is 2.34. The van der Waals surface area contributed by atoms with Crippen LogP contribution in [0, 0.1) is 6.92 Å². The van der Waals surface area contributed by atoms with Gasteiger partial charge in [0.05, 0.1) is 5.69 Å². The minimum atomic E-state index is 0.827. The van der Waals surface area contributed by atoms with Crippen LogP contribution < -0.4 is 5.32 Å². The number of aromatic nitrogens is 2. The second-order valence-electron chi connectivity index (χ2n) is 3.83. The Morgan fingerprint density at radius 2 is 2.19 bits per heavy atom. The molecule has 0 radical (unpaired) electrons. The largest absolute Gasteiger partial charge is 0.385 e. The van der Waals surface area contributed by atoms with Gasteiger partial charge in [-0.3, -0.25) is 0 Å². The molecule has 1 rings (SSSR count). The second-order valence-corrected chi connectivity index (χ2v) is 3.83. The van der Waals surface area contributed by atoms with E-state index in [0.29, 0.717) is 0 Å². The van der Waals surface area contributed by atoms with Crippen molar-refractivity contribution in [1.82, 2.24) is 15.3 Å². The number of methoxy groups -OCH3 is 1. The predicted octanol–water partition coefficient (Wildman–Crippen LogP) is 1.69. The molecule has 0 unspecified atom stereocenters. The highest BCUT2D eigenvalue weighted by Crippen LogP contribution is 1.96. The molecule has 4 nitrogen and oxygen atoms in total. The van der Waals surface area contributed by atoms with Crippen molar-refractivity contribution in [3.63, 3.8) is 0 Å². The summed E-state index contributed by atoms with van der Waals surface area (Å²) in [6.45, 7) is 4.64. The van der Waals surface area contributed by atoms with Gasteiger partial charge in [0.1, 0.15) is 5.82 Å². The molecule has 0 saturated carbocycles. The van der Waals surface area contributed by atoms with Gasteiger partial charge in [0.2, 0.25) is 0 Å². The van der Waals surface area contributed by atoms with Gasteiger partial charge in [0.25, 0.3) is 0 Å². The Kier molecular flexibility index (Phi) is 6.69. The second kappa shape index (κ2) is 8.19. The number of hydrogen-bond acceptors (Lipinski definition) is 4. The fourth-order valence-electron chi connectivity index (χ4n) is 1.49. The van der Waals surface area contributed by atoms with Crippen LogP contribution in [0.25, 0.3) is 0 Å². The minimum absolute atomic E-state index is 0.827. The van der Waals surface area contributed by atoms with E-state index in [2.05, 4.69) is 15.3 Å². The van der Waals surface area contributed by atoms with Gasteiger partial charge in [-0.15, -0.1) is 0 Å². The minimum Gasteiger partial charge on any atom is -0.385 e. The first-order valence-corrected chi connectivity index (χ1v) is 5.81. The van der Waals surface area contributed by atoms with Crippen LogP contribution >= 0.6 is 0 Å². The molecule has 0 amide bonds. The average Bonchev–Trinajstić information content (AvgIpc) is 2.28. The van der Waals surface area contributed by atoms with Crippen molar-refractivity contribution in [3.05, 3.63) is 23.8 Å². The van der Waals surface area contributed by atoms with Gasteiger partial charge in [-0.05, 0) is 38.8 Å². The van der Waals surface area contributed by atoms with E-state index in [1.165, 1.54) is 12.8 Å². The molecule has 0 aliphatic carbocycles. The molecule has 1 heterocycles. The van der Waals surface area contributed by atoms with Crippen molar-refractivity contribution >= 4 is 0 Å². The van der Waals surface area contributed by atoms with E-state index in [9.17, 15) is 0 Å². The number of nitrogens with one attached hydrogen (secondary N) is 1. The lowest BCUT2D eigenvalue weighted by atomic mass is 10.2. The molecular weight excluding hydrogens is 202 g/mol. The number of hydrogen-bond donors (Lipinski definition) is 1. The highest BCUT2D eigenvalue weighted by molar-refractivity contribution is 5.00. The van der Waals surface area contributed by atoms with Crippen LogP contribution in [-0.2, 0) is 11.3 Å². The molecule has 1 N–H and O–H groups in total. The quantitative estimate of drug-likeness (QED) is 0.681. The normalized spacial score (nSPS) is 10.6. The average molecular weight is 223 g/mol. The molecular formula is C12H21N3O. The molecule has 0 aromatic carbocycles. The van der Waals surface area contributed by atoms with Crippen molar-refractivity contribution < 1.29 is 4.74 Å². The number of rotatable bonds is 8. The van der Waals surface area contributed by atoms with Gasteiger partial charge in [0.15, 0.2) is 0 Å². The van der Waals surface area contributed by atoms with Crippen molar-refractivity contribution in [2.75, 3.05) is 20.3 Å². The maximum absolute atomic E-state index is 4.99. The molecule has 16 heavy (non-hydrogen) atoms. The Balaban J connectivity index is 2.03. The zero-order valence-electron chi connectivity index (χ0n) is 10.2. The van der Waals surface area contributed by atoms with E-state index < -0.39 is 0 Å². The van der Waals surface area contributed by atoms with E-state index in [1.54, 1.807) is 13.3 Å². The van der Waals surface area contributed by atoms with E-state index >= 15 is 0 Å². The van der Waals surface area contributed by atoms with E-state index in [4.69, 9.17) is 4.74 Å². The highest BCUT2D eigenvalue weighted by atomic mass is 16.5. The molecule has 0 saturated heterocycles. The topological polar surface area (TPSA) is 47.0 Å². The van der Waals surface area contributed by atoms with Gasteiger partial charge in [0, 0.05) is 26.5 Å². The highest BCUT2D eigenvalue weighted by Gasteiger charge is 1.95. The Morgan fingerprint density at radius 3 is 2.94 bits per heavy atom. The summed E-state index contributed by atoms with van der Waals surface area (Å²) in [6, 6.07) is 1.95. The monoisotopic (exact) mass is 223 g/mol. The van der Waals surface area contributed by atoms with Crippen molar-refractivity contribution in [3.8, 4) is 0 Å². The summed E-state index contributed by atoms with van der Waals surface area (Å²) in [4.78, 5) is 8.39. The van der Waals surface area contributed by atoms with Crippen molar-refractivity contribution in [2.45, 2.75) is 32.7 Å². The van der Waals surface area contributed by atoms with Crippen LogP contribution in [0.3, 0.4) is 0 Å². The Labute approximate surface area is 97.5 Å². The number of nitrogens with zero attached hydrogens (tertiary/aromatic N) is 2. The van der Waals surface area contributed by atoms with Gasteiger partial charge in [-0.1, -0.05) is 0 Å². The first-order valence-electron chi connectivity index (χ1n) is 5.81. The zero-order chi connectivity index (χ0) is 11.6. The lowest BCUT2D eigenvalue weighted by Crippen LogP contribution is -2.16. The summed E-state index contributed by atoms with van der Waals surface area (Å²) in [5.41, 5.74) is 1.06. The van der Waals surface area contributed by atoms with Crippen LogP contribution in [0.2, 0.25) is 0 Å². The van der Waals surface area contributed by atoms with E-state index in [0.717, 1.165) is 37.6 Å². The Hall–Kier alpha value is -1.00. The molecule has 0 spiro atoms. The first-order chi connectivity index (χ1) is 7.83. The van der Waals surface area contributed by atoms with Crippen LogP contribution in [0.4, 0.5) is 0 Å². The zero-order valence-corrected chi connectivity index (χ0v) is 10.2. The van der Waals surface area contributed by atoms with Crippen LogP contribution in [0.15, 0.2) is 12.3 Å². The molecule has 1 aromatic rings. The molecule has 0 atom stereocenters. The fraction of sp³-hybridized carbons (Fsp3) is 0.667. The molecule has 0 aliphatic heterocycles. The summed E-state index contributed by atoms with van der Waals surface area (Å²) >= 11 is 0. The van der Waals surface area contributed by atoms with E-state index in [1.807, 2.05) is 13.0 Å². The Bertz CT molecular complexity index is 291. The summed E-state index contributed by atoms with van der Waals surface area (Å²) in [5, 5.41) is 3.37. The van der Waals surface area contributed by atoms with Gasteiger partial charge in [-0.2, -0.15) is 0 Å². The maximum atomic E-state index is 4.99. The number of aryl methyl sites for hydroxylation is 1. The first kappa shape index (κ1) is 13.1. The standard InChI is InChI=1S/C12H21N3O/c1-11-14-8-6-12(15-11)10-13-7-4-3-5-9-16-2/h6,8,13H,3-5,7,9-10H2,1-2H3. The molecule has 0 bridgehead atoms. The summed E-state index contributed by atoms with van der Waals surface area (Å²) in [6.07, 6.45) is 5.35. The summed E-state index contributed by atoms with van der Waals surface area (Å²) < 4.78 is 4.99.